The molecule has 2 rings (SSSR count). The Morgan fingerprint density at radius 2 is 1.47 bits per heavy atom. The quantitative estimate of drug-likeness (QED) is 0.517. The average Bonchev–Trinajstić information content (AvgIpc) is 2.73. The number of ether oxygens (including phenoxy) is 1. The molecule has 2 aromatic carbocycles. The van der Waals surface area contributed by atoms with Crippen molar-refractivity contribution in [2.24, 2.45) is 0 Å². The lowest BCUT2D eigenvalue weighted by Gasteiger charge is -2.23. The molecule has 0 spiro atoms. The van der Waals surface area contributed by atoms with Crippen molar-refractivity contribution >= 4 is 29.3 Å². The zero-order valence-electron chi connectivity index (χ0n) is 20.9. The minimum atomic E-state index is -0.850. The third kappa shape index (κ3) is 10.0. The van der Waals surface area contributed by atoms with Crippen LogP contribution in [0.15, 0.2) is 48.5 Å². The largest absolute Gasteiger partial charge is 0.444 e. The molecule has 0 saturated carbocycles. The van der Waals surface area contributed by atoms with Crippen LogP contribution >= 0.6 is 0 Å². The molecule has 3 N–H and O–H groups in total. The molecular weight excluding hydrogens is 432 g/mol. The van der Waals surface area contributed by atoms with E-state index >= 15 is 0 Å². The van der Waals surface area contributed by atoms with E-state index in [-0.39, 0.29) is 18.2 Å². The molecule has 184 valence electrons. The van der Waals surface area contributed by atoms with E-state index in [9.17, 15) is 14.4 Å². The molecule has 0 fully saturated rings. The smallest absolute Gasteiger partial charge is 0.408 e. The molecule has 0 aliphatic carbocycles. The number of nitrogens with one attached hydrogen (secondary N) is 3. The van der Waals surface area contributed by atoms with Gasteiger partial charge in [0.05, 0.1) is 0 Å². The van der Waals surface area contributed by atoms with Gasteiger partial charge in [-0.05, 0) is 71.6 Å². The summed E-state index contributed by atoms with van der Waals surface area (Å²) in [7, 11) is 3.83. The number of hydrogen-bond donors (Lipinski definition) is 3. The van der Waals surface area contributed by atoms with E-state index in [1.54, 1.807) is 32.9 Å². The van der Waals surface area contributed by atoms with Crippen molar-refractivity contribution in [3.8, 4) is 0 Å². The number of carbonyl (C=O) groups excluding carboxylic acids is 3. The highest BCUT2D eigenvalue weighted by atomic mass is 16.6. The van der Waals surface area contributed by atoms with E-state index in [2.05, 4.69) is 16.0 Å². The van der Waals surface area contributed by atoms with E-state index in [0.29, 0.717) is 24.3 Å². The molecule has 0 radical (unpaired) electrons. The molecule has 3 amide bonds. The fraction of sp³-hybridized carbons (Fsp3) is 0.423. The molecule has 34 heavy (non-hydrogen) atoms. The number of alkyl carbamates (subject to hydrolysis) is 1. The van der Waals surface area contributed by atoms with Gasteiger partial charge in [0.25, 0.3) is 0 Å². The first-order valence-electron chi connectivity index (χ1n) is 11.3. The maximum absolute atomic E-state index is 13.0. The number of carbonyl (C=O) groups is 3. The van der Waals surface area contributed by atoms with Gasteiger partial charge in [0.2, 0.25) is 11.8 Å². The number of amides is 3. The summed E-state index contributed by atoms with van der Waals surface area (Å²) < 4.78 is 5.34. The second-order valence-electron chi connectivity index (χ2n) is 9.56. The summed E-state index contributed by atoms with van der Waals surface area (Å²) in [4.78, 5) is 39.4. The van der Waals surface area contributed by atoms with Crippen molar-refractivity contribution in [1.29, 1.82) is 0 Å². The second-order valence-corrected chi connectivity index (χ2v) is 9.56. The highest BCUT2D eigenvalue weighted by Gasteiger charge is 2.25. The molecule has 8 heteroatoms. The van der Waals surface area contributed by atoms with E-state index in [0.717, 1.165) is 11.1 Å². The Bertz CT molecular complexity index is 964. The molecule has 0 aliphatic heterocycles. The monoisotopic (exact) mass is 468 g/mol. The first-order chi connectivity index (χ1) is 15.9. The van der Waals surface area contributed by atoms with Gasteiger partial charge < -0.3 is 25.6 Å². The zero-order valence-corrected chi connectivity index (χ0v) is 20.9. The van der Waals surface area contributed by atoms with Crippen molar-refractivity contribution < 1.29 is 19.1 Å². The van der Waals surface area contributed by atoms with Crippen LogP contribution in [0.2, 0.25) is 0 Å². The minimum absolute atomic E-state index is 0.0663. The molecule has 0 bridgehead atoms. The van der Waals surface area contributed by atoms with Gasteiger partial charge in [-0.3, -0.25) is 9.59 Å². The Morgan fingerprint density at radius 3 is 2.03 bits per heavy atom. The van der Waals surface area contributed by atoms with Crippen molar-refractivity contribution in [3.05, 3.63) is 59.7 Å². The van der Waals surface area contributed by atoms with Crippen LogP contribution in [0.5, 0.6) is 0 Å². The second kappa shape index (κ2) is 12.2. The first-order valence-corrected chi connectivity index (χ1v) is 11.3. The number of rotatable bonds is 9. The third-order valence-electron chi connectivity index (χ3n) is 4.79. The van der Waals surface area contributed by atoms with Crippen LogP contribution in [0, 0.1) is 6.92 Å². The number of aryl methyl sites for hydroxylation is 1. The summed E-state index contributed by atoms with van der Waals surface area (Å²) >= 11 is 0. The molecule has 8 nitrogen and oxygen atoms in total. The van der Waals surface area contributed by atoms with Crippen LogP contribution in [0.1, 0.15) is 38.3 Å². The van der Waals surface area contributed by atoms with Crippen molar-refractivity contribution in [3.63, 3.8) is 0 Å². The highest BCUT2D eigenvalue weighted by Crippen LogP contribution is 2.15. The van der Waals surface area contributed by atoms with Gasteiger partial charge in [0.15, 0.2) is 0 Å². The summed E-state index contributed by atoms with van der Waals surface area (Å²) in [6, 6.07) is 13.8. The summed E-state index contributed by atoms with van der Waals surface area (Å²) in [5, 5.41) is 8.39. The van der Waals surface area contributed by atoms with Crippen LogP contribution in [0.3, 0.4) is 0 Å². The molecular formula is C26H36N4O4. The first kappa shape index (κ1) is 26.9. The van der Waals surface area contributed by atoms with Crippen LogP contribution in [0.4, 0.5) is 16.2 Å². The molecule has 1 unspecified atom stereocenters. The Balaban J connectivity index is 2.08. The van der Waals surface area contributed by atoms with Crippen LogP contribution in [-0.2, 0) is 20.7 Å². The molecule has 0 saturated heterocycles. The lowest BCUT2D eigenvalue weighted by molar-refractivity contribution is -0.118. The SMILES string of the molecule is Cc1ccc(NC(=O)C(Cc2ccc(NC(=O)CCN(C)C)cc2)NC(=O)OC(C)(C)C)cc1. The lowest BCUT2D eigenvalue weighted by Crippen LogP contribution is -2.47. The standard InChI is InChI=1S/C26H36N4O4/c1-18-7-11-21(12-8-18)28-24(32)22(29-25(33)34-26(2,3)4)17-19-9-13-20(14-10-19)27-23(31)15-16-30(5)6/h7-14,22H,15-17H2,1-6H3,(H,27,31)(H,28,32)(H,29,33). The minimum Gasteiger partial charge on any atom is -0.444 e. The lowest BCUT2D eigenvalue weighted by atomic mass is 10.0. The predicted molar refractivity (Wildman–Crippen MR) is 135 cm³/mol. The molecule has 2 aromatic rings. The molecule has 1 atom stereocenters. The van der Waals surface area contributed by atoms with Crippen molar-refractivity contribution in [1.82, 2.24) is 10.2 Å². The van der Waals surface area contributed by atoms with Gasteiger partial charge in [0.1, 0.15) is 11.6 Å². The van der Waals surface area contributed by atoms with Gasteiger partial charge >= 0.3 is 6.09 Å². The fourth-order valence-corrected chi connectivity index (χ4v) is 3.03. The topological polar surface area (TPSA) is 99.8 Å². The fourth-order valence-electron chi connectivity index (χ4n) is 3.03. The summed E-state index contributed by atoms with van der Waals surface area (Å²) in [5.74, 6) is -0.417. The summed E-state index contributed by atoms with van der Waals surface area (Å²) in [6.45, 7) is 7.92. The Labute approximate surface area is 202 Å². The van der Waals surface area contributed by atoms with E-state index in [4.69, 9.17) is 4.74 Å². The van der Waals surface area contributed by atoms with Gasteiger partial charge in [-0.1, -0.05) is 29.8 Å². The van der Waals surface area contributed by atoms with Crippen LogP contribution in [-0.4, -0.2) is 55.1 Å². The summed E-state index contributed by atoms with van der Waals surface area (Å²) in [6.07, 6.45) is -0.0111. The van der Waals surface area contributed by atoms with Gasteiger partial charge in [-0.2, -0.15) is 0 Å². The molecule has 0 aliphatic rings. The van der Waals surface area contributed by atoms with Crippen molar-refractivity contribution in [2.45, 2.75) is 52.2 Å². The predicted octanol–water partition coefficient (Wildman–Crippen LogP) is 3.96. The van der Waals surface area contributed by atoms with Crippen LogP contribution < -0.4 is 16.0 Å². The number of benzene rings is 2. The number of nitrogens with zero attached hydrogens (tertiary/aromatic N) is 1. The Kier molecular flexibility index (Phi) is 9.62. The van der Waals surface area contributed by atoms with E-state index in [1.807, 2.05) is 62.3 Å². The van der Waals surface area contributed by atoms with Gasteiger partial charge in [-0.25, -0.2) is 4.79 Å². The van der Waals surface area contributed by atoms with E-state index < -0.39 is 17.7 Å². The maximum Gasteiger partial charge on any atom is 0.408 e. The zero-order chi connectivity index (χ0) is 25.3. The Hall–Kier alpha value is -3.39. The molecule has 0 heterocycles. The Morgan fingerprint density at radius 1 is 0.912 bits per heavy atom. The van der Waals surface area contributed by atoms with Crippen LogP contribution in [0.25, 0.3) is 0 Å². The summed E-state index contributed by atoms with van der Waals surface area (Å²) in [5.41, 5.74) is 2.53. The normalized spacial score (nSPS) is 12.1. The number of anilines is 2. The average molecular weight is 469 g/mol. The van der Waals surface area contributed by atoms with Gasteiger partial charge in [0, 0.05) is 30.8 Å². The van der Waals surface area contributed by atoms with E-state index in [1.165, 1.54) is 0 Å². The third-order valence-corrected chi connectivity index (χ3v) is 4.79. The number of hydrogen-bond acceptors (Lipinski definition) is 5. The van der Waals surface area contributed by atoms with Gasteiger partial charge in [-0.15, -0.1) is 0 Å². The van der Waals surface area contributed by atoms with Crippen molar-refractivity contribution in [2.75, 3.05) is 31.3 Å². The maximum atomic E-state index is 13.0. The molecule has 0 aromatic heterocycles. The highest BCUT2D eigenvalue weighted by molar-refractivity contribution is 5.96.